The van der Waals surface area contributed by atoms with E-state index in [1.165, 1.54) is 0 Å². The third-order valence-corrected chi connectivity index (χ3v) is 3.47. The molecule has 17 heavy (non-hydrogen) atoms. The average molecular weight is 237 g/mol. The van der Waals surface area contributed by atoms with Gasteiger partial charge in [-0.05, 0) is 43.0 Å². The monoisotopic (exact) mass is 237 g/mol. The van der Waals surface area contributed by atoms with Crippen LogP contribution in [0.25, 0.3) is 0 Å². The maximum atomic E-state index is 14.0. The van der Waals surface area contributed by atoms with Crippen LogP contribution in [-0.4, -0.2) is 19.9 Å². The summed E-state index contributed by atoms with van der Waals surface area (Å²) in [6.07, 6.45) is 2.14. The zero-order valence-electron chi connectivity index (χ0n) is 9.67. The van der Waals surface area contributed by atoms with Crippen molar-refractivity contribution in [1.82, 2.24) is 5.32 Å². The van der Waals surface area contributed by atoms with Gasteiger partial charge in [0.25, 0.3) is 0 Å². The first-order valence-corrected chi connectivity index (χ1v) is 6.08. The van der Waals surface area contributed by atoms with Crippen LogP contribution in [0.4, 0.5) is 4.39 Å². The van der Waals surface area contributed by atoms with Crippen molar-refractivity contribution in [3.05, 3.63) is 29.1 Å². The van der Waals surface area contributed by atoms with E-state index in [0.717, 1.165) is 42.8 Å². The van der Waals surface area contributed by atoms with E-state index in [4.69, 9.17) is 9.47 Å². The molecule has 1 fully saturated rings. The lowest BCUT2D eigenvalue weighted by molar-refractivity contribution is -0.0167. The summed E-state index contributed by atoms with van der Waals surface area (Å²) in [6.45, 7) is 2.59. The number of ether oxygens (including phenoxy) is 2. The zero-order valence-corrected chi connectivity index (χ0v) is 9.67. The van der Waals surface area contributed by atoms with E-state index in [-0.39, 0.29) is 18.5 Å². The van der Waals surface area contributed by atoms with Gasteiger partial charge in [-0.1, -0.05) is 0 Å². The van der Waals surface area contributed by atoms with Crippen molar-refractivity contribution < 1.29 is 13.9 Å². The van der Waals surface area contributed by atoms with Gasteiger partial charge in [0, 0.05) is 12.1 Å². The van der Waals surface area contributed by atoms with Gasteiger partial charge >= 0.3 is 0 Å². The van der Waals surface area contributed by atoms with E-state index >= 15 is 0 Å². The van der Waals surface area contributed by atoms with Crippen molar-refractivity contribution in [2.45, 2.75) is 25.4 Å². The van der Waals surface area contributed by atoms with Gasteiger partial charge in [-0.3, -0.25) is 0 Å². The smallest absolute Gasteiger partial charge is 0.189 e. The SMILES string of the molecule is Fc1cc2c(cc1C1CCCNC1)OCOC2. The van der Waals surface area contributed by atoms with Crippen LogP contribution in [0.5, 0.6) is 5.75 Å². The summed E-state index contributed by atoms with van der Waals surface area (Å²) in [5.41, 5.74) is 1.58. The van der Waals surface area contributed by atoms with Crippen LogP contribution < -0.4 is 10.1 Å². The average Bonchev–Trinajstić information content (AvgIpc) is 2.39. The molecule has 2 aliphatic rings. The van der Waals surface area contributed by atoms with Crippen LogP contribution in [0.15, 0.2) is 12.1 Å². The summed E-state index contributed by atoms with van der Waals surface area (Å²) >= 11 is 0. The number of benzene rings is 1. The van der Waals surface area contributed by atoms with Crippen molar-refractivity contribution >= 4 is 0 Å². The largest absolute Gasteiger partial charge is 0.467 e. The number of fused-ring (bicyclic) bond motifs is 1. The molecule has 0 radical (unpaired) electrons. The number of piperidine rings is 1. The highest BCUT2D eigenvalue weighted by molar-refractivity contribution is 5.40. The second-order valence-corrected chi connectivity index (χ2v) is 4.64. The number of hydrogen-bond acceptors (Lipinski definition) is 3. The highest BCUT2D eigenvalue weighted by Gasteiger charge is 2.22. The van der Waals surface area contributed by atoms with E-state index in [0.29, 0.717) is 6.61 Å². The van der Waals surface area contributed by atoms with Crippen molar-refractivity contribution in [1.29, 1.82) is 0 Å². The fourth-order valence-corrected chi connectivity index (χ4v) is 2.54. The zero-order chi connectivity index (χ0) is 11.7. The molecule has 1 N–H and O–H groups in total. The number of rotatable bonds is 1. The van der Waals surface area contributed by atoms with Gasteiger partial charge in [-0.15, -0.1) is 0 Å². The van der Waals surface area contributed by atoms with E-state index in [2.05, 4.69) is 5.32 Å². The van der Waals surface area contributed by atoms with Crippen LogP contribution in [-0.2, 0) is 11.3 Å². The predicted octanol–water partition coefficient (Wildman–Crippen LogP) is 2.16. The highest BCUT2D eigenvalue weighted by Crippen LogP contribution is 2.33. The minimum Gasteiger partial charge on any atom is -0.467 e. The van der Waals surface area contributed by atoms with E-state index < -0.39 is 0 Å². The highest BCUT2D eigenvalue weighted by atomic mass is 19.1. The van der Waals surface area contributed by atoms with Gasteiger partial charge in [0.15, 0.2) is 6.79 Å². The summed E-state index contributed by atoms with van der Waals surface area (Å²) in [6, 6.07) is 3.41. The van der Waals surface area contributed by atoms with Crippen molar-refractivity contribution in [3.63, 3.8) is 0 Å². The minimum absolute atomic E-state index is 0.133. The number of halogens is 1. The molecular formula is C13H16FNO2. The summed E-state index contributed by atoms with van der Waals surface area (Å²) < 4.78 is 24.6. The third kappa shape index (κ3) is 2.15. The Bertz CT molecular complexity index is 416. The normalized spacial score (nSPS) is 23.9. The molecule has 0 bridgehead atoms. The van der Waals surface area contributed by atoms with Crippen LogP contribution in [0.1, 0.15) is 29.9 Å². The molecule has 4 heteroatoms. The van der Waals surface area contributed by atoms with Crippen molar-refractivity contribution in [3.8, 4) is 5.75 Å². The van der Waals surface area contributed by atoms with E-state index in [1.807, 2.05) is 6.07 Å². The lowest BCUT2D eigenvalue weighted by atomic mass is 9.90. The van der Waals surface area contributed by atoms with Gasteiger partial charge in [0.2, 0.25) is 0 Å². The first-order valence-electron chi connectivity index (χ1n) is 6.08. The molecule has 2 aliphatic heterocycles. The fraction of sp³-hybridized carbons (Fsp3) is 0.538. The van der Waals surface area contributed by atoms with Crippen molar-refractivity contribution in [2.24, 2.45) is 0 Å². The summed E-state index contributed by atoms with van der Waals surface area (Å²) in [7, 11) is 0. The minimum atomic E-state index is -0.133. The molecule has 1 atom stereocenters. The topological polar surface area (TPSA) is 30.5 Å². The van der Waals surface area contributed by atoms with Crippen LogP contribution in [0.3, 0.4) is 0 Å². The molecule has 1 unspecified atom stereocenters. The molecule has 2 heterocycles. The predicted molar refractivity (Wildman–Crippen MR) is 61.5 cm³/mol. The lowest BCUT2D eigenvalue weighted by Gasteiger charge is -2.25. The van der Waals surface area contributed by atoms with Gasteiger partial charge in [-0.25, -0.2) is 4.39 Å². The Morgan fingerprint density at radius 2 is 2.29 bits per heavy atom. The number of hydrogen-bond donors (Lipinski definition) is 1. The second-order valence-electron chi connectivity index (χ2n) is 4.64. The Kier molecular flexibility index (Phi) is 2.99. The Balaban J connectivity index is 1.93. The van der Waals surface area contributed by atoms with Gasteiger partial charge in [0.05, 0.1) is 6.61 Å². The molecule has 3 nitrogen and oxygen atoms in total. The maximum Gasteiger partial charge on any atom is 0.189 e. The lowest BCUT2D eigenvalue weighted by Crippen LogP contribution is -2.29. The second kappa shape index (κ2) is 4.63. The Morgan fingerprint density at radius 3 is 3.12 bits per heavy atom. The molecular weight excluding hydrogens is 221 g/mol. The fourth-order valence-electron chi connectivity index (χ4n) is 2.54. The Hall–Kier alpha value is -1.13. The molecule has 1 aromatic carbocycles. The molecule has 1 saturated heterocycles. The number of nitrogens with one attached hydrogen (secondary N) is 1. The molecule has 0 aromatic heterocycles. The standard InChI is InChI=1S/C13H16FNO2/c14-12-4-10-7-16-8-17-13(10)5-11(12)9-2-1-3-15-6-9/h4-5,9,15H,1-3,6-8H2. The van der Waals surface area contributed by atoms with Crippen LogP contribution >= 0.6 is 0 Å². The molecule has 0 amide bonds. The quantitative estimate of drug-likeness (QED) is 0.812. The summed E-state index contributed by atoms with van der Waals surface area (Å²) in [5.74, 6) is 0.908. The van der Waals surface area contributed by atoms with Crippen molar-refractivity contribution in [2.75, 3.05) is 19.9 Å². The molecule has 0 saturated carbocycles. The third-order valence-electron chi connectivity index (χ3n) is 3.47. The molecule has 0 aliphatic carbocycles. The first kappa shape index (κ1) is 11.0. The van der Waals surface area contributed by atoms with Gasteiger partial charge in [-0.2, -0.15) is 0 Å². The molecule has 3 rings (SSSR count). The Morgan fingerprint density at radius 1 is 1.35 bits per heavy atom. The van der Waals surface area contributed by atoms with Gasteiger partial charge in [0.1, 0.15) is 11.6 Å². The summed E-state index contributed by atoms with van der Waals surface area (Å²) in [4.78, 5) is 0. The molecule has 1 aromatic rings. The first-order chi connectivity index (χ1) is 8.34. The van der Waals surface area contributed by atoms with Gasteiger partial charge < -0.3 is 14.8 Å². The molecule has 0 spiro atoms. The molecule has 92 valence electrons. The van der Waals surface area contributed by atoms with E-state index in [1.54, 1.807) is 6.07 Å². The summed E-state index contributed by atoms with van der Waals surface area (Å²) in [5, 5.41) is 3.31. The van der Waals surface area contributed by atoms with Crippen LogP contribution in [0, 0.1) is 5.82 Å². The van der Waals surface area contributed by atoms with E-state index in [9.17, 15) is 4.39 Å². The maximum absolute atomic E-state index is 14.0. The Labute approximate surface area is 99.9 Å². The van der Waals surface area contributed by atoms with Crippen LogP contribution in [0.2, 0.25) is 0 Å².